The zero-order valence-electron chi connectivity index (χ0n) is 12.2. The Kier molecular flexibility index (Phi) is 3.34. The van der Waals surface area contributed by atoms with Gasteiger partial charge in [-0.15, -0.1) is 0 Å². The lowest BCUT2D eigenvalue weighted by Crippen LogP contribution is -2.41. The molecule has 0 aromatic rings. The third-order valence-electron chi connectivity index (χ3n) is 5.10. The normalized spacial score (nSPS) is 30.1. The standard InChI is InChI=1S/C15H26N2O2/c1-3-4-12-16-15(7-8-15)13(18)17(12)11-14(5-6-14)9-10-19-2/h12,16H,3-11H2,1-2H3. The van der Waals surface area contributed by atoms with E-state index >= 15 is 0 Å². The second-order valence-electron chi connectivity index (χ2n) is 6.71. The summed E-state index contributed by atoms with van der Waals surface area (Å²) in [6.07, 6.45) is 8.16. The molecule has 1 unspecified atom stereocenters. The summed E-state index contributed by atoms with van der Waals surface area (Å²) in [6, 6.07) is 0. The van der Waals surface area contributed by atoms with Crippen LogP contribution in [0.1, 0.15) is 51.9 Å². The van der Waals surface area contributed by atoms with Crippen LogP contribution in [0.2, 0.25) is 0 Å². The van der Waals surface area contributed by atoms with Gasteiger partial charge in [0.1, 0.15) is 0 Å². The average Bonchev–Trinajstić information content (AvgIpc) is 3.29. The number of carbonyl (C=O) groups excluding carboxylic acids is 1. The molecule has 1 spiro atoms. The minimum atomic E-state index is -0.156. The molecule has 3 aliphatic rings. The Bertz CT molecular complexity index is 361. The van der Waals surface area contributed by atoms with Crippen LogP contribution in [0.15, 0.2) is 0 Å². The van der Waals surface area contributed by atoms with Crippen molar-refractivity contribution in [3.05, 3.63) is 0 Å². The number of nitrogens with zero attached hydrogens (tertiary/aromatic N) is 1. The Morgan fingerprint density at radius 1 is 1.37 bits per heavy atom. The molecule has 1 saturated heterocycles. The van der Waals surface area contributed by atoms with Gasteiger partial charge >= 0.3 is 0 Å². The van der Waals surface area contributed by atoms with Crippen molar-refractivity contribution in [3.63, 3.8) is 0 Å². The van der Waals surface area contributed by atoms with Crippen molar-refractivity contribution in [2.45, 2.75) is 63.6 Å². The first-order valence-electron chi connectivity index (χ1n) is 7.72. The van der Waals surface area contributed by atoms with Gasteiger partial charge < -0.3 is 9.64 Å². The highest BCUT2D eigenvalue weighted by Crippen LogP contribution is 2.52. The van der Waals surface area contributed by atoms with Crippen molar-refractivity contribution in [2.75, 3.05) is 20.3 Å². The van der Waals surface area contributed by atoms with E-state index in [0.717, 1.165) is 45.3 Å². The first-order valence-corrected chi connectivity index (χ1v) is 7.72. The van der Waals surface area contributed by atoms with Crippen LogP contribution in [0.4, 0.5) is 0 Å². The van der Waals surface area contributed by atoms with Crippen molar-refractivity contribution in [1.29, 1.82) is 0 Å². The number of methoxy groups -OCH3 is 1. The first-order chi connectivity index (χ1) is 9.15. The molecule has 108 valence electrons. The number of nitrogens with one attached hydrogen (secondary N) is 1. The van der Waals surface area contributed by atoms with Gasteiger partial charge in [0.05, 0.1) is 11.7 Å². The van der Waals surface area contributed by atoms with Gasteiger partial charge in [0.25, 0.3) is 0 Å². The average molecular weight is 266 g/mol. The Morgan fingerprint density at radius 3 is 2.63 bits per heavy atom. The summed E-state index contributed by atoms with van der Waals surface area (Å²) in [5.41, 5.74) is 0.205. The van der Waals surface area contributed by atoms with E-state index in [1.54, 1.807) is 7.11 Å². The predicted molar refractivity (Wildman–Crippen MR) is 73.7 cm³/mol. The molecule has 1 amide bonds. The first kappa shape index (κ1) is 13.4. The molecule has 19 heavy (non-hydrogen) atoms. The summed E-state index contributed by atoms with van der Waals surface area (Å²) in [6.45, 7) is 3.95. The van der Waals surface area contributed by atoms with Crippen molar-refractivity contribution in [1.82, 2.24) is 10.2 Å². The number of hydrogen-bond donors (Lipinski definition) is 1. The van der Waals surface area contributed by atoms with Crippen LogP contribution in [0, 0.1) is 5.41 Å². The largest absolute Gasteiger partial charge is 0.385 e. The summed E-state index contributed by atoms with van der Waals surface area (Å²) < 4.78 is 5.22. The zero-order chi connectivity index (χ0) is 13.5. The van der Waals surface area contributed by atoms with Crippen LogP contribution in [0.5, 0.6) is 0 Å². The van der Waals surface area contributed by atoms with Crippen LogP contribution in [-0.2, 0) is 9.53 Å². The summed E-state index contributed by atoms with van der Waals surface area (Å²) in [5, 5.41) is 3.59. The van der Waals surface area contributed by atoms with E-state index in [-0.39, 0.29) is 11.7 Å². The summed E-state index contributed by atoms with van der Waals surface area (Å²) >= 11 is 0. The molecule has 4 heteroatoms. The number of carbonyl (C=O) groups is 1. The van der Waals surface area contributed by atoms with Crippen molar-refractivity contribution < 1.29 is 9.53 Å². The Morgan fingerprint density at radius 2 is 2.11 bits per heavy atom. The maximum Gasteiger partial charge on any atom is 0.244 e. The number of rotatable bonds is 7. The molecule has 0 bridgehead atoms. The third-order valence-corrected chi connectivity index (χ3v) is 5.10. The van der Waals surface area contributed by atoms with Gasteiger partial charge in [-0.3, -0.25) is 10.1 Å². The summed E-state index contributed by atoms with van der Waals surface area (Å²) in [4.78, 5) is 14.7. The van der Waals surface area contributed by atoms with E-state index in [1.807, 2.05) is 0 Å². The molecule has 3 rings (SSSR count). The molecule has 4 nitrogen and oxygen atoms in total. The Balaban J connectivity index is 1.66. The second kappa shape index (κ2) is 4.74. The maximum absolute atomic E-state index is 12.6. The highest BCUT2D eigenvalue weighted by Gasteiger charge is 2.60. The minimum absolute atomic E-state index is 0.156. The Labute approximate surface area is 115 Å². The van der Waals surface area contributed by atoms with E-state index < -0.39 is 0 Å². The molecular weight excluding hydrogens is 240 g/mol. The van der Waals surface area contributed by atoms with Crippen molar-refractivity contribution in [3.8, 4) is 0 Å². The lowest BCUT2D eigenvalue weighted by Gasteiger charge is -2.28. The van der Waals surface area contributed by atoms with E-state index in [9.17, 15) is 4.79 Å². The van der Waals surface area contributed by atoms with Crippen LogP contribution >= 0.6 is 0 Å². The lowest BCUT2D eigenvalue weighted by molar-refractivity contribution is -0.131. The number of amides is 1. The second-order valence-corrected chi connectivity index (χ2v) is 6.71. The van der Waals surface area contributed by atoms with Crippen molar-refractivity contribution in [2.24, 2.45) is 5.41 Å². The van der Waals surface area contributed by atoms with Gasteiger partial charge in [-0.2, -0.15) is 0 Å². The molecule has 3 fully saturated rings. The SMILES string of the molecule is CCCC1NC2(CC2)C(=O)N1CC1(CCOC)CC1. The number of ether oxygens (including phenoxy) is 1. The van der Waals surface area contributed by atoms with Gasteiger partial charge in [-0.1, -0.05) is 13.3 Å². The van der Waals surface area contributed by atoms with Gasteiger partial charge in [0.15, 0.2) is 0 Å². The third kappa shape index (κ3) is 2.40. The molecule has 0 aromatic carbocycles. The Hall–Kier alpha value is -0.610. The minimum Gasteiger partial charge on any atom is -0.385 e. The quantitative estimate of drug-likeness (QED) is 0.765. The van der Waals surface area contributed by atoms with Crippen LogP contribution < -0.4 is 5.32 Å². The topological polar surface area (TPSA) is 41.6 Å². The fraction of sp³-hybridized carbons (Fsp3) is 0.933. The molecule has 1 aliphatic heterocycles. The van der Waals surface area contributed by atoms with Crippen molar-refractivity contribution >= 4 is 5.91 Å². The van der Waals surface area contributed by atoms with Gasteiger partial charge in [-0.25, -0.2) is 0 Å². The van der Waals surface area contributed by atoms with Gasteiger partial charge in [0, 0.05) is 20.3 Å². The van der Waals surface area contributed by atoms with E-state index in [1.165, 1.54) is 12.8 Å². The van der Waals surface area contributed by atoms with Crippen LogP contribution in [0.3, 0.4) is 0 Å². The molecule has 2 saturated carbocycles. The molecular formula is C15H26N2O2. The molecule has 2 aliphatic carbocycles. The molecule has 0 radical (unpaired) electrons. The molecule has 1 N–H and O–H groups in total. The molecule has 1 atom stereocenters. The van der Waals surface area contributed by atoms with E-state index in [4.69, 9.17) is 4.74 Å². The summed E-state index contributed by atoms with van der Waals surface area (Å²) in [5.74, 6) is 0.370. The van der Waals surface area contributed by atoms with Gasteiger partial charge in [0.2, 0.25) is 5.91 Å². The van der Waals surface area contributed by atoms with E-state index in [2.05, 4.69) is 17.1 Å². The zero-order valence-corrected chi connectivity index (χ0v) is 12.2. The highest BCUT2D eigenvalue weighted by molar-refractivity contribution is 5.91. The van der Waals surface area contributed by atoms with E-state index in [0.29, 0.717) is 11.3 Å². The van der Waals surface area contributed by atoms with Crippen LogP contribution in [0.25, 0.3) is 0 Å². The molecule has 1 heterocycles. The number of hydrogen-bond acceptors (Lipinski definition) is 3. The fourth-order valence-corrected chi connectivity index (χ4v) is 3.39. The maximum atomic E-state index is 12.6. The fourth-order valence-electron chi connectivity index (χ4n) is 3.39. The highest BCUT2D eigenvalue weighted by atomic mass is 16.5. The summed E-state index contributed by atoms with van der Waals surface area (Å²) in [7, 11) is 1.76. The van der Waals surface area contributed by atoms with Gasteiger partial charge in [-0.05, 0) is 43.9 Å². The smallest absolute Gasteiger partial charge is 0.244 e. The predicted octanol–water partition coefficient (Wildman–Crippen LogP) is 1.89. The lowest BCUT2D eigenvalue weighted by atomic mass is 10.0. The molecule has 0 aromatic heterocycles. The monoisotopic (exact) mass is 266 g/mol. The van der Waals surface area contributed by atoms with Crippen LogP contribution in [-0.4, -0.2) is 42.8 Å².